The molecule has 0 unspecified atom stereocenters. The van der Waals surface area contributed by atoms with Crippen LogP contribution >= 0.6 is 11.6 Å². The van der Waals surface area contributed by atoms with Crippen molar-refractivity contribution in [2.75, 3.05) is 24.4 Å². The summed E-state index contributed by atoms with van der Waals surface area (Å²) in [5.41, 5.74) is 4.61. The lowest BCUT2D eigenvalue weighted by Gasteiger charge is -2.44. The number of ether oxygens (including phenoxy) is 1. The highest BCUT2D eigenvalue weighted by molar-refractivity contribution is 6.30. The van der Waals surface area contributed by atoms with Crippen molar-refractivity contribution in [1.29, 1.82) is 0 Å². The van der Waals surface area contributed by atoms with Crippen LogP contribution in [0.1, 0.15) is 43.2 Å². The van der Waals surface area contributed by atoms with Crippen molar-refractivity contribution in [1.82, 2.24) is 0 Å². The van der Waals surface area contributed by atoms with Crippen LogP contribution in [0.15, 0.2) is 47.5 Å². The monoisotopic (exact) mass is 397 g/mol. The molecule has 148 valence electrons. The van der Waals surface area contributed by atoms with Crippen LogP contribution < -0.4 is 10.6 Å². The fourth-order valence-electron chi connectivity index (χ4n) is 4.26. The van der Waals surface area contributed by atoms with Crippen LogP contribution in [-0.2, 0) is 17.7 Å². The Morgan fingerprint density at radius 3 is 2.68 bits per heavy atom. The summed E-state index contributed by atoms with van der Waals surface area (Å²) >= 11 is 6.14. The van der Waals surface area contributed by atoms with Gasteiger partial charge in [0, 0.05) is 12.1 Å². The van der Waals surface area contributed by atoms with Crippen LogP contribution in [-0.4, -0.2) is 25.1 Å². The second-order valence-corrected chi connectivity index (χ2v) is 8.25. The van der Waals surface area contributed by atoms with Gasteiger partial charge in [0.1, 0.15) is 5.84 Å². The highest BCUT2D eigenvalue weighted by Gasteiger charge is 2.40. The van der Waals surface area contributed by atoms with Gasteiger partial charge in [0.25, 0.3) is 0 Å². The van der Waals surface area contributed by atoms with E-state index >= 15 is 0 Å². The Kier molecular flexibility index (Phi) is 5.88. The smallest absolute Gasteiger partial charge is 0.127 e. The van der Waals surface area contributed by atoms with Crippen LogP contribution in [0, 0.1) is 0 Å². The first-order valence-electron chi connectivity index (χ1n) is 10.1. The summed E-state index contributed by atoms with van der Waals surface area (Å²) in [5.74, 6) is 1.06. The number of nitrogens with one attached hydrogen (secondary N) is 2. The molecule has 4 nitrogen and oxygen atoms in total. The molecule has 0 saturated heterocycles. The van der Waals surface area contributed by atoms with E-state index in [2.05, 4.69) is 34.9 Å². The molecule has 0 bridgehead atoms. The van der Waals surface area contributed by atoms with Gasteiger partial charge < -0.3 is 15.4 Å². The quantitative estimate of drug-likeness (QED) is 0.683. The molecule has 2 aromatic rings. The number of anilines is 2. The number of nitrogens with zero attached hydrogens (tertiary/aromatic N) is 1. The third-order valence-corrected chi connectivity index (χ3v) is 6.01. The lowest BCUT2D eigenvalue weighted by molar-refractivity contribution is 0.202. The molecule has 0 radical (unpaired) electrons. The van der Waals surface area contributed by atoms with E-state index in [0.29, 0.717) is 6.54 Å². The van der Waals surface area contributed by atoms with Gasteiger partial charge in [-0.15, -0.1) is 0 Å². The molecule has 5 heteroatoms. The fraction of sp³-hybridized carbons (Fsp3) is 0.435. The van der Waals surface area contributed by atoms with Gasteiger partial charge in [0.2, 0.25) is 0 Å². The standard InChI is InChI=1S/C23H28ClN3O/c1-28-13-10-17-8-9-20-21(15-17)27-23(11-3-2-4-12-23)22(26-20)25-16-18-6-5-7-19(24)14-18/h5-9,14-15,27H,2-4,10-13,16H2,1H3,(H,25,26). The van der Waals surface area contributed by atoms with Gasteiger partial charge in [-0.3, -0.25) is 4.99 Å². The molecule has 0 atom stereocenters. The highest BCUT2D eigenvalue weighted by Crippen LogP contribution is 2.40. The van der Waals surface area contributed by atoms with Gasteiger partial charge in [-0.05, 0) is 54.7 Å². The first kappa shape index (κ1) is 19.3. The average molecular weight is 398 g/mol. The molecule has 4 rings (SSSR count). The largest absolute Gasteiger partial charge is 0.384 e. The minimum atomic E-state index is -0.0935. The zero-order valence-corrected chi connectivity index (χ0v) is 17.2. The van der Waals surface area contributed by atoms with E-state index in [1.807, 2.05) is 18.2 Å². The molecular formula is C23H28ClN3O. The second-order valence-electron chi connectivity index (χ2n) is 7.81. The predicted molar refractivity (Wildman–Crippen MR) is 118 cm³/mol. The molecular weight excluding hydrogens is 370 g/mol. The van der Waals surface area contributed by atoms with Gasteiger partial charge in [0.05, 0.1) is 30.1 Å². The number of amidine groups is 1. The second kappa shape index (κ2) is 8.54. The third-order valence-electron chi connectivity index (χ3n) is 5.78. The van der Waals surface area contributed by atoms with Crippen molar-refractivity contribution in [3.05, 3.63) is 58.6 Å². The molecule has 1 aliphatic carbocycles. The molecule has 1 fully saturated rings. The van der Waals surface area contributed by atoms with Crippen molar-refractivity contribution in [3.8, 4) is 0 Å². The normalized spacial score (nSPS) is 19.1. The molecule has 0 amide bonds. The van der Waals surface area contributed by atoms with E-state index in [-0.39, 0.29) is 5.54 Å². The van der Waals surface area contributed by atoms with Gasteiger partial charge in [0.15, 0.2) is 0 Å². The molecule has 2 aliphatic rings. The lowest BCUT2D eigenvalue weighted by atomic mass is 9.79. The van der Waals surface area contributed by atoms with Crippen molar-refractivity contribution in [2.24, 2.45) is 4.99 Å². The number of benzene rings is 2. The molecule has 0 aromatic heterocycles. The maximum absolute atomic E-state index is 6.14. The summed E-state index contributed by atoms with van der Waals surface area (Å²) < 4.78 is 5.23. The molecule has 2 N–H and O–H groups in total. The summed E-state index contributed by atoms with van der Waals surface area (Å²) in [6, 6.07) is 14.5. The molecule has 1 aliphatic heterocycles. The fourth-order valence-corrected chi connectivity index (χ4v) is 4.47. The Hall–Kier alpha value is -2.04. The van der Waals surface area contributed by atoms with Crippen LogP contribution in [0.4, 0.5) is 11.4 Å². The van der Waals surface area contributed by atoms with E-state index in [4.69, 9.17) is 21.3 Å². The number of halogens is 1. The van der Waals surface area contributed by atoms with Crippen LogP contribution in [0.3, 0.4) is 0 Å². The van der Waals surface area contributed by atoms with E-state index in [9.17, 15) is 0 Å². The zero-order chi connectivity index (χ0) is 19.4. The molecule has 1 spiro atoms. The van der Waals surface area contributed by atoms with Gasteiger partial charge >= 0.3 is 0 Å². The maximum atomic E-state index is 6.14. The topological polar surface area (TPSA) is 45.6 Å². The van der Waals surface area contributed by atoms with Gasteiger partial charge in [-0.1, -0.05) is 49.1 Å². The number of fused-ring (bicyclic) bond motifs is 1. The number of hydrogen-bond donors (Lipinski definition) is 2. The van der Waals surface area contributed by atoms with Gasteiger partial charge in [-0.2, -0.15) is 0 Å². The summed E-state index contributed by atoms with van der Waals surface area (Å²) in [6.45, 7) is 1.37. The van der Waals surface area contributed by atoms with E-state index in [0.717, 1.165) is 48.0 Å². The van der Waals surface area contributed by atoms with Crippen LogP contribution in [0.2, 0.25) is 5.02 Å². The Morgan fingerprint density at radius 2 is 1.89 bits per heavy atom. The predicted octanol–water partition coefficient (Wildman–Crippen LogP) is 5.67. The SMILES string of the molecule is COCCc1ccc2c(c1)NC1(CCCCC1)C(=NCc1cccc(Cl)c1)N2. The number of rotatable bonds is 5. The van der Waals surface area contributed by atoms with Crippen molar-refractivity contribution in [3.63, 3.8) is 0 Å². The summed E-state index contributed by atoms with van der Waals surface area (Å²) in [5, 5.41) is 8.27. The number of hydrogen-bond acceptors (Lipinski definition) is 3. The minimum absolute atomic E-state index is 0.0935. The Bertz CT molecular complexity index is 859. The number of methoxy groups -OCH3 is 1. The van der Waals surface area contributed by atoms with Crippen molar-refractivity contribution < 1.29 is 4.74 Å². The summed E-state index contributed by atoms with van der Waals surface area (Å²) in [4.78, 5) is 5.01. The first-order chi connectivity index (χ1) is 13.7. The highest BCUT2D eigenvalue weighted by atomic mass is 35.5. The van der Waals surface area contributed by atoms with Crippen LogP contribution in [0.25, 0.3) is 0 Å². The van der Waals surface area contributed by atoms with Crippen LogP contribution in [0.5, 0.6) is 0 Å². The Balaban J connectivity index is 1.62. The Morgan fingerprint density at radius 1 is 1.04 bits per heavy atom. The van der Waals surface area contributed by atoms with Crippen molar-refractivity contribution >= 4 is 28.8 Å². The molecule has 2 aromatic carbocycles. The van der Waals surface area contributed by atoms with E-state index in [1.54, 1.807) is 7.11 Å². The average Bonchev–Trinajstić information content (AvgIpc) is 2.71. The van der Waals surface area contributed by atoms with E-state index in [1.165, 1.54) is 30.5 Å². The zero-order valence-electron chi connectivity index (χ0n) is 16.4. The minimum Gasteiger partial charge on any atom is -0.384 e. The summed E-state index contributed by atoms with van der Waals surface area (Å²) in [7, 11) is 1.75. The Labute approximate surface area is 172 Å². The molecule has 1 heterocycles. The summed E-state index contributed by atoms with van der Waals surface area (Å²) in [6.07, 6.45) is 6.89. The number of aliphatic imine (C=N–C) groups is 1. The lowest BCUT2D eigenvalue weighted by Crippen LogP contribution is -2.53. The third kappa shape index (κ3) is 4.18. The van der Waals surface area contributed by atoms with Crippen molar-refractivity contribution in [2.45, 2.75) is 50.6 Å². The van der Waals surface area contributed by atoms with E-state index < -0.39 is 0 Å². The van der Waals surface area contributed by atoms with Gasteiger partial charge in [-0.25, -0.2) is 0 Å². The first-order valence-corrected chi connectivity index (χ1v) is 10.5. The maximum Gasteiger partial charge on any atom is 0.127 e. The molecule has 1 saturated carbocycles. The molecule has 28 heavy (non-hydrogen) atoms.